The lowest BCUT2D eigenvalue weighted by molar-refractivity contribution is -0.121. The first kappa shape index (κ1) is 8.13. The quantitative estimate of drug-likeness (QED) is 0.597. The van der Waals surface area contributed by atoms with Crippen molar-refractivity contribution in [3.63, 3.8) is 0 Å². The van der Waals surface area contributed by atoms with Gasteiger partial charge in [-0.05, 0) is 25.7 Å². The average Bonchev–Trinajstić information content (AvgIpc) is 2.71. The molecule has 1 N–H and O–H groups in total. The van der Waals surface area contributed by atoms with Crippen LogP contribution >= 0.6 is 0 Å². The second-order valence-corrected chi connectivity index (χ2v) is 3.10. The van der Waals surface area contributed by atoms with Crippen LogP contribution in [-0.4, -0.2) is 11.9 Å². The Hall–Kier alpha value is -0.970. The van der Waals surface area contributed by atoms with Crippen molar-refractivity contribution in [1.29, 1.82) is 0 Å². The molecule has 1 amide bonds. The number of nitrogens with one attached hydrogen (secondary N) is 1. The molecular formula is C9H13NO. The van der Waals surface area contributed by atoms with Crippen LogP contribution in [0.1, 0.15) is 26.2 Å². The smallest absolute Gasteiger partial charge is 0.221 e. The molecule has 0 heterocycles. The monoisotopic (exact) mass is 151 g/mol. The zero-order valence-electron chi connectivity index (χ0n) is 6.76. The Balaban J connectivity index is 2.15. The highest BCUT2D eigenvalue weighted by Crippen LogP contribution is 2.32. The second kappa shape index (κ2) is 3.43. The molecule has 1 rings (SSSR count). The summed E-state index contributed by atoms with van der Waals surface area (Å²) in [6.07, 6.45) is 8.17. The molecule has 2 heteroatoms. The van der Waals surface area contributed by atoms with E-state index in [2.05, 4.69) is 11.2 Å². The van der Waals surface area contributed by atoms with Gasteiger partial charge in [0.1, 0.15) is 0 Å². The van der Waals surface area contributed by atoms with Gasteiger partial charge >= 0.3 is 0 Å². The number of terminal acetylenes is 1. The van der Waals surface area contributed by atoms with Crippen LogP contribution in [0.25, 0.3) is 0 Å². The van der Waals surface area contributed by atoms with E-state index in [1.165, 1.54) is 12.8 Å². The summed E-state index contributed by atoms with van der Waals surface area (Å²) in [7, 11) is 0. The van der Waals surface area contributed by atoms with Crippen molar-refractivity contribution in [3.8, 4) is 12.3 Å². The normalized spacial score (nSPS) is 18.5. The maximum absolute atomic E-state index is 11.1. The molecule has 2 nitrogen and oxygen atoms in total. The number of hydrogen-bond donors (Lipinski definition) is 1. The Bertz CT molecular complexity index is 188. The van der Waals surface area contributed by atoms with Crippen LogP contribution in [0.4, 0.5) is 0 Å². The molecule has 1 unspecified atom stereocenters. The fraction of sp³-hybridized carbons (Fsp3) is 0.667. The predicted octanol–water partition coefficient (Wildman–Crippen LogP) is 0.924. The molecule has 0 aromatic heterocycles. The first-order valence-corrected chi connectivity index (χ1v) is 3.98. The lowest BCUT2D eigenvalue weighted by Crippen LogP contribution is -2.31. The van der Waals surface area contributed by atoms with Gasteiger partial charge in [0.15, 0.2) is 0 Å². The Kier molecular flexibility index (Phi) is 2.53. The molecule has 1 aliphatic carbocycles. The molecule has 0 spiro atoms. The number of hydrogen-bond acceptors (Lipinski definition) is 1. The summed E-state index contributed by atoms with van der Waals surface area (Å²) >= 11 is 0. The van der Waals surface area contributed by atoms with Crippen LogP contribution in [0.15, 0.2) is 0 Å². The fourth-order valence-electron chi connectivity index (χ4n) is 0.926. The minimum atomic E-state index is -0.124. The molecule has 0 aromatic carbocycles. The van der Waals surface area contributed by atoms with E-state index in [9.17, 15) is 4.79 Å². The standard InChI is InChI=1S/C9H13NO/c1-3-7(2)10-9(11)6-8-4-5-8/h1,7-8H,4-6H2,2H3,(H,10,11). The van der Waals surface area contributed by atoms with Gasteiger partial charge in [-0.15, -0.1) is 6.42 Å². The van der Waals surface area contributed by atoms with Crippen LogP contribution < -0.4 is 5.32 Å². The molecule has 0 bridgehead atoms. The lowest BCUT2D eigenvalue weighted by Gasteiger charge is -2.05. The second-order valence-electron chi connectivity index (χ2n) is 3.10. The van der Waals surface area contributed by atoms with Crippen molar-refractivity contribution < 1.29 is 4.79 Å². The molecule has 1 atom stereocenters. The highest BCUT2D eigenvalue weighted by molar-refractivity contribution is 5.77. The van der Waals surface area contributed by atoms with E-state index in [-0.39, 0.29) is 11.9 Å². The number of rotatable bonds is 3. The van der Waals surface area contributed by atoms with E-state index in [4.69, 9.17) is 6.42 Å². The molecule has 1 saturated carbocycles. The van der Waals surface area contributed by atoms with Gasteiger partial charge in [-0.25, -0.2) is 0 Å². The SMILES string of the molecule is C#CC(C)NC(=O)CC1CC1. The van der Waals surface area contributed by atoms with Crippen molar-refractivity contribution in [2.75, 3.05) is 0 Å². The van der Waals surface area contributed by atoms with Gasteiger partial charge in [0.2, 0.25) is 5.91 Å². The van der Waals surface area contributed by atoms with Crippen LogP contribution in [0.2, 0.25) is 0 Å². The van der Waals surface area contributed by atoms with E-state index in [0.29, 0.717) is 12.3 Å². The number of carbonyl (C=O) groups is 1. The lowest BCUT2D eigenvalue weighted by atomic mass is 10.2. The molecule has 1 aliphatic rings. The largest absolute Gasteiger partial charge is 0.343 e. The van der Waals surface area contributed by atoms with Crippen molar-refractivity contribution in [1.82, 2.24) is 5.32 Å². The van der Waals surface area contributed by atoms with Crippen molar-refractivity contribution in [3.05, 3.63) is 0 Å². The van der Waals surface area contributed by atoms with Crippen LogP contribution in [-0.2, 0) is 4.79 Å². The van der Waals surface area contributed by atoms with E-state index in [0.717, 1.165) is 0 Å². The predicted molar refractivity (Wildman–Crippen MR) is 43.8 cm³/mol. The van der Waals surface area contributed by atoms with E-state index in [1.807, 2.05) is 6.92 Å². The molecule has 0 saturated heterocycles. The Morgan fingerprint density at radius 2 is 2.45 bits per heavy atom. The van der Waals surface area contributed by atoms with E-state index < -0.39 is 0 Å². The van der Waals surface area contributed by atoms with Gasteiger partial charge in [0.25, 0.3) is 0 Å². The summed E-state index contributed by atoms with van der Waals surface area (Å²) in [5, 5.41) is 2.73. The molecule has 0 aliphatic heterocycles. The van der Waals surface area contributed by atoms with Crippen molar-refractivity contribution >= 4 is 5.91 Å². The Morgan fingerprint density at radius 1 is 1.82 bits per heavy atom. The number of amides is 1. The first-order chi connectivity index (χ1) is 5.22. The first-order valence-electron chi connectivity index (χ1n) is 3.98. The molecule has 1 fully saturated rings. The van der Waals surface area contributed by atoms with Gasteiger partial charge in [0, 0.05) is 6.42 Å². The zero-order valence-corrected chi connectivity index (χ0v) is 6.76. The van der Waals surface area contributed by atoms with Gasteiger partial charge in [-0.3, -0.25) is 4.79 Å². The fourth-order valence-corrected chi connectivity index (χ4v) is 0.926. The minimum Gasteiger partial charge on any atom is -0.343 e. The summed E-state index contributed by atoms with van der Waals surface area (Å²) in [6.45, 7) is 1.81. The molecular weight excluding hydrogens is 138 g/mol. The number of carbonyl (C=O) groups excluding carboxylic acids is 1. The maximum Gasteiger partial charge on any atom is 0.221 e. The molecule has 11 heavy (non-hydrogen) atoms. The molecule has 60 valence electrons. The van der Waals surface area contributed by atoms with Crippen LogP contribution in [0.5, 0.6) is 0 Å². The Morgan fingerprint density at radius 3 is 2.91 bits per heavy atom. The Labute approximate surface area is 67.4 Å². The third-order valence-corrected chi connectivity index (χ3v) is 1.80. The summed E-state index contributed by atoms with van der Waals surface area (Å²) in [5.41, 5.74) is 0. The highest BCUT2D eigenvalue weighted by Gasteiger charge is 2.24. The molecule has 0 radical (unpaired) electrons. The van der Waals surface area contributed by atoms with Crippen molar-refractivity contribution in [2.45, 2.75) is 32.2 Å². The van der Waals surface area contributed by atoms with E-state index in [1.54, 1.807) is 0 Å². The minimum absolute atomic E-state index is 0.0953. The summed E-state index contributed by atoms with van der Waals surface area (Å²) < 4.78 is 0. The van der Waals surface area contributed by atoms with Gasteiger partial charge in [0.05, 0.1) is 6.04 Å². The van der Waals surface area contributed by atoms with Crippen molar-refractivity contribution in [2.24, 2.45) is 5.92 Å². The maximum atomic E-state index is 11.1. The van der Waals surface area contributed by atoms with Gasteiger partial charge in [-0.1, -0.05) is 5.92 Å². The topological polar surface area (TPSA) is 29.1 Å². The summed E-state index contributed by atoms with van der Waals surface area (Å²) in [6, 6.07) is -0.124. The highest BCUT2D eigenvalue weighted by atomic mass is 16.1. The summed E-state index contributed by atoms with van der Waals surface area (Å²) in [5.74, 6) is 3.19. The third kappa shape index (κ3) is 3.08. The van der Waals surface area contributed by atoms with Crippen LogP contribution in [0.3, 0.4) is 0 Å². The van der Waals surface area contributed by atoms with Gasteiger partial charge in [-0.2, -0.15) is 0 Å². The van der Waals surface area contributed by atoms with Gasteiger partial charge < -0.3 is 5.32 Å². The average molecular weight is 151 g/mol. The van der Waals surface area contributed by atoms with E-state index >= 15 is 0 Å². The third-order valence-electron chi connectivity index (χ3n) is 1.80. The van der Waals surface area contributed by atoms with Crippen LogP contribution in [0, 0.1) is 18.3 Å². The zero-order chi connectivity index (χ0) is 8.27. The molecule has 0 aromatic rings. The summed E-state index contributed by atoms with van der Waals surface area (Å²) in [4.78, 5) is 11.1.